The first kappa shape index (κ1) is 25.0. The van der Waals surface area contributed by atoms with E-state index < -0.39 is 25.7 Å². The number of phosphoric ester groups is 1. The first-order valence-corrected chi connectivity index (χ1v) is 8.17. The first-order valence-electron chi connectivity index (χ1n) is 6.64. The van der Waals surface area contributed by atoms with Gasteiger partial charge in [0.15, 0.2) is 0 Å². The van der Waals surface area contributed by atoms with E-state index in [1.165, 1.54) is 6.92 Å². The molecule has 11 heteroatoms. The lowest BCUT2D eigenvalue weighted by atomic mass is 10.4. The summed E-state index contributed by atoms with van der Waals surface area (Å²) >= 11 is 0. The van der Waals surface area contributed by atoms with E-state index in [0.717, 1.165) is 12.2 Å². The fraction of sp³-hybridized carbons (Fsp3) is 0.357. The molecule has 0 fully saturated rings. The average Bonchev–Trinajstić information content (AvgIpc) is 2.54. The maximum atomic E-state index is 10.7. The molecule has 0 aromatic heterocycles. The van der Waals surface area contributed by atoms with Crippen molar-refractivity contribution in [2.75, 3.05) is 26.4 Å². The summed E-state index contributed by atoms with van der Waals surface area (Å²) < 4.78 is 27.7. The average molecular weight is 380 g/mol. The monoisotopic (exact) mass is 380 g/mol. The molecule has 0 saturated heterocycles. The zero-order chi connectivity index (χ0) is 19.9. The maximum absolute atomic E-state index is 10.7. The Labute approximate surface area is 144 Å². The number of hydrogen-bond acceptors (Lipinski definition) is 8. The molecule has 25 heavy (non-hydrogen) atoms. The molecule has 0 aliphatic rings. The van der Waals surface area contributed by atoms with Crippen molar-refractivity contribution in [2.24, 2.45) is 0 Å². The molecule has 0 aliphatic carbocycles. The van der Waals surface area contributed by atoms with Crippen LogP contribution in [0.15, 0.2) is 37.5 Å². The number of carbonyl (C=O) groups excluding carboxylic acids is 3. The predicted molar refractivity (Wildman–Crippen MR) is 86.1 cm³/mol. The van der Waals surface area contributed by atoms with Crippen LogP contribution in [0.1, 0.15) is 6.92 Å². The van der Waals surface area contributed by atoms with Crippen molar-refractivity contribution < 1.29 is 47.5 Å². The molecule has 0 aromatic rings. The van der Waals surface area contributed by atoms with Crippen LogP contribution in [0.5, 0.6) is 0 Å². The largest absolute Gasteiger partial charge is 0.469 e. The van der Waals surface area contributed by atoms with Gasteiger partial charge in [-0.3, -0.25) is 4.52 Å². The highest BCUT2D eigenvalue weighted by Gasteiger charge is 2.13. The quantitative estimate of drug-likeness (QED) is 0.182. The van der Waals surface area contributed by atoms with Gasteiger partial charge in [-0.25, -0.2) is 18.9 Å². The highest BCUT2D eigenvalue weighted by molar-refractivity contribution is 7.46. The minimum atomic E-state index is -4.46. The van der Waals surface area contributed by atoms with Crippen molar-refractivity contribution in [3.05, 3.63) is 37.5 Å². The van der Waals surface area contributed by atoms with Gasteiger partial charge in [0, 0.05) is 17.7 Å². The molecular weight excluding hydrogens is 359 g/mol. The summed E-state index contributed by atoms with van der Waals surface area (Å²) in [5, 5.41) is 0. The van der Waals surface area contributed by atoms with E-state index in [4.69, 9.17) is 9.79 Å². The van der Waals surface area contributed by atoms with Crippen LogP contribution in [-0.4, -0.2) is 54.1 Å². The van der Waals surface area contributed by atoms with Crippen molar-refractivity contribution in [2.45, 2.75) is 6.92 Å². The number of hydrogen-bond donors (Lipinski definition) is 2. The second kappa shape index (κ2) is 14.1. The van der Waals surface area contributed by atoms with Gasteiger partial charge < -0.3 is 24.0 Å². The first-order chi connectivity index (χ1) is 11.5. The summed E-state index contributed by atoms with van der Waals surface area (Å²) in [6, 6.07) is 0. The highest BCUT2D eigenvalue weighted by atomic mass is 31.2. The summed E-state index contributed by atoms with van der Waals surface area (Å²) in [7, 11) is -4.46. The molecular formula is C14H21O10P. The van der Waals surface area contributed by atoms with Crippen LogP contribution in [0.25, 0.3) is 0 Å². The molecule has 0 unspecified atom stereocenters. The number of esters is 3. The summed E-state index contributed by atoms with van der Waals surface area (Å²) in [5.41, 5.74) is 0.219. The topological polar surface area (TPSA) is 146 Å². The van der Waals surface area contributed by atoms with E-state index in [9.17, 15) is 18.9 Å². The lowest BCUT2D eigenvalue weighted by Crippen LogP contribution is -2.10. The van der Waals surface area contributed by atoms with Crippen molar-refractivity contribution >= 4 is 25.7 Å². The third kappa shape index (κ3) is 19.7. The Morgan fingerprint density at radius 1 is 0.920 bits per heavy atom. The van der Waals surface area contributed by atoms with Crippen molar-refractivity contribution in [3.63, 3.8) is 0 Å². The summed E-state index contributed by atoms with van der Waals surface area (Å²) in [5.74, 6) is -1.69. The standard InChI is InChI=1S/C8H10O4.C6H11O6P/c1-3-7(9)11-5-6-12-8(10)4-2;1-5(2)6(7)11-3-4-12-13(8,9)10/h3-4H,1-2,5-6H2;1,3-4H2,2H3,(H2,8,9,10). The molecule has 0 bridgehead atoms. The van der Waals surface area contributed by atoms with Crippen LogP contribution in [0.4, 0.5) is 0 Å². The number of carbonyl (C=O) groups is 3. The lowest BCUT2D eigenvalue weighted by molar-refractivity contribution is -0.146. The van der Waals surface area contributed by atoms with Crippen molar-refractivity contribution in [1.29, 1.82) is 0 Å². The van der Waals surface area contributed by atoms with Crippen LogP contribution in [-0.2, 0) is 37.7 Å². The number of phosphoric acid groups is 1. The SMILES string of the molecule is C=C(C)C(=O)OCCOP(=O)(O)O.C=CC(=O)OCCOC(=O)C=C. The molecule has 0 atom stereocenters. The summed E-state index contributed by atoms with van der Waals surface area (Å²) in [4.78, 5) is 48.0. The Balaban J connectivity index is 0. The Kier molecular flexibility index (Phi) is 14.1. The van der Waals surface area contributed by atoms with E-state index in [0.29, 0.717) is 0 Å². The second-order valence-corrected chi connectivity index (χ2v) is 5.22. The van der Waals surface area contributed by atoms with Gasteiger partial charge in [-0.05, 0) is 6.92 Å². The molecule has 2 N–H and O–H groups in total. The number of rotatable bonds is 10. The van der Waals surface area contributed by atoms with Crippen molar-refractivity contribution in [3.8, 4) is 0 Å². The Bertz CT molecular complexity index is 512. The van der Waals surface area contributed by atoms with E-state index in [1.807, 2.05) is 0 Å². The van der Waals surface area contributed by atoms with E-state index >= 15 is 0 Å². The zero-order valence-corrected chi connectivity index (χ0v) is 14.6. The van der Waals surface area contributed by atoms with Gasteiger partial charge in [0.25, 0.3) is 0 Å². The van der Waals surface area contributed by atoms with Gasteiger partial charge >= 0.3 is 25.7 Å². The maximum Gasteiger partial charge on any atom is 0.469 e. The second-order valence-electron chi connectivity index (χ2n) is 3.98. The van der Waals surface area contributed by atoms with Crippen LogP contribution in [0, 0.1) is 0 Å². The molecule has 10 nitrogen and oxygen atoms in total. The molecule has 0 rings (SSSR count). The number of ether oxygens (including phenoxy) is 3. The van der Waals surface area contributed by atoms with E-state index in [-0.39, 0.29) is 32.0 Å². The van der Waals surface area contributed by atoms with Crippen LogP contribution >= 0.6 is 7.82 Å². The minimum Gasteiger partial charge on any atom is -0.460 e. The Morgan fingerprint density at radius 3 is 1.64 bits per heavy atom. The molecule has 0 saturated carbocycles. The highest BCUT2D eigenvalue weighted by Crippen LogP contribution is 2.35. The van der Waals surface area contributed by atoms with Crippen LogP contribution in [0.2, 0.25) is 0 Å². The van der Waals surface area contributed by atoms with Gasteiger partial charge in [-0.2, -0.15) is 0 Å². The van der Waals surface area contributed by atoms with Gasteiger partial charge in [0.1, 0.15) is 19.8 Å². The van der Waals surface area contributed by atoms with Gasteiger partial charge in [0.05, 0.1) is 6.61 Å². The van der Waals surface area contributed by atoms with Gasteiger partial charge in [-0.1, -0.05) is 19.7 Å². The van der Waals surface area contributed by atoms with E-state index in [1.54, 1.807) is 0 Å². The summed E-state index contributed by atoms with van der Waals surface area (Å²) in [6.45, 7) is 10.7. The van der Waals surface area contributed by atoms with Crippen LogP contribution in [0.3, 0.4) is 0 Å². The molecule has 142 valence electrons. The predicted octanol–water partition coefficient (Wildman–Crippen LogP) is 0.660. The molecule has 0 aromatic carbocycles. The Hall–Kier alpha value is -2.26. The molecule has 0 spiro atoms. The molecule has 0 amide bonds. The summed E-state index contributed by atoms with van der Waals surface area (Å²) in [6.07, 6.45) is 2.07. The lowest BCUT2D eigenvalue weighted by Gasteiger charge is -2.05. The Morgan fingerprint density at radius 2 is 1.32 bits per heavy atom. The van der Waals surface area contributed by atoms with E-state index in [2.05, 4.69) is 38.5 Å². The fourth-order valence-electron chi connectivity index (χ4n) is 0.816. The van der Waals surface area contributed by atoms with Crippen molar-refractivity contribution in [1.82, 2.24) is 0 Å². The minimum absolute atomic E-state index is 0.0322. The fourth-order valence-corrected chi connectivity index (χ4v) is 1.13. The molecule has 0 aliphatic heterocycles. The third-order valence-corrected chi connectivity index (χ3v) is 2.35. The molecule has 0 radical (unpaired) electrons. The normalized spacial score (nSPS) is 9.72. The van der Waals surface area contributed by atoms with Gasteiger partial charge in [-0.15, -0.1) is 0 Å². The van der Waals surface area contributed by atoms with Crippen LogP contribution < -0.4 is 0 Å². The zero-order valence-electron chi connectivity index (χ0n) is 13.7. The smallest absolute Gasteiger partial charge is 0.460 e. The van der Waals surface area contributed by atoms with Gasteiger partial charge in [0.2, 0.25) is 0 Å². The molecule has 0 heterocycles. The third-order valence-electron chi connectivity index (χ3n) is 1.83.